The van der Waals surface area contributed by atoms with Gasteiger partial charge in [0.2, 0.25) is 5.91 Å². The fraction of sp³-hybridized carbons (Fsp3) is 0.261. The van der Waals surface area contributed by atoms with Crippen molar-refractivity contribution in [2.75, 3.05) is 28.6 Å². The lowest BCUT2D eigenvalue weighted by Gasteiger charge is -2.36. The summed E-state index contributed by atoms with van der Waals surface area (Å²) in [7, 11) is 0. The Bertz CT molecular complexity index is 1170. The third-order valence-electron chi connectivity index (χ3n) is 5.54. The Morgan fingerprint density at radius 3 is 2.62 bits per heavy atom. The number of alkyl halides is 3. The molecule has 0 aliphatic carbocycles. The quantitative estimate of drug-likeness (QED) is 0.621. The van der Waals surface area contributed by atoms with Crippen LogP contribution < -0.4 is 21.0 Å². The number of halogens is 3. The molecule has 3 N–H and O–H groups in total. The van der Waals surface area contributed by atoms with Gasteiger partial charge in [0, 0.05) is 35.5 Å². The molecule has 1 fully saturated rings. The van der Waals surface area contributed by atoms with E-state index in [1.165, 1.54) is 17.0 Å². The summed E-state index contributed by atoms with van der Waals surface area (Å²) in [6.07, 6.45) is -2.63. The second kappa shape index (κ2) is 9.07. The molecule has 0 bridgehead atoms. The first-order valence-corrected chi connectivity index (χ1v) is 10.4. The highest BCUT2D eigenvalue weighted by molar-refractivity contribution is 6.05. The maximum Gasteiger partial charge on any atom is 0.405 e. The van der Waals surface area contributed by atoms with E-state index in [0.717, 1.165) is 0 Å². The number of carbonyl (C=O) groups is 2. The molecule has 2 aromatic carbocycles. The Morgan fingerprint density at radius 2 is 1.94 bits per heavy atom. The number of hydrazine groups is 1. The first-order valence-electron chi connectivity index (χ1n) is 10.4. The van der Waals surface area contributed by atoms with Crippen molar-refractivity contribution in [3.63, 3.8) is 0 Å². The van der Waals surface area contributed by atoms with Crippen LogP contribution >= 0.6 is 0 Å². The average molecular weight is 470 g/mol. The average Bonchev–Trinajstić information content (AvgIpc) is 3.22. The van der Waals surface area contributed by atoms with E-state index in [9.17, 15) is 22.8 Å². The zero-order valence-corrected chi connectivity index (χ0v) is 18.1. The van der Waals surface area contributed by atoms with Crippen molar-refractivity contribution in [3.8, 4) is 6.07 Å². The monoisotopic (exact) mass is 470 g/mol. The maximum atomic E-state index is 13.4. The summed E-state index contributed by atoms with van der Waals surface area (Å²) in [6.45, 7) is 0.801. The number of rotatable bonds is 5. The molecule has 2 aliphatic heterocycles. The molecule has 2 amide bonds. The highest BCUT2D eigenvalue weighted by Gasteiger charge is 2.47. The van der Waals surface area contributed by atoms with Crippen LogP contribution in [0.4, 0.5) is 30.2 Å². The molecule has 0 saturated carbocycles. The number of benzene rings is 2. The first kappa shape index (κ1) is 23.1. The number of allylic oxidation sites excluding steroid dienone is 1. The topological polar surface area (TPSA) is 100 Å². The summed E-state index contributed by atoms with van der Waals surface area (Å²) in [4.78, 5) is 27.9. The van der Waals surface area contributed by atoms with E-state index in [4.69, 9.17) is 5.26 Å². The molecule has 34 heavy (non-hydrogen) atoms. The van der Waals surface area contributed by atoms with Crippen molar-refractivity contribution in [1.82, 2.24) is 10.4 Å². The summed E-state index contributed by atoms with van der Waals surface area (Å²) >= 11 is 0. The molecule has 2 unspecified atom stereocenters. The molecule has 4 rings (SSSR count). The fourth-order valence-corrected chi connectivity index (χ4v) is 3.99. The highest BCUT2D eigenvalue weighted by Crippen LogP contribution is 2.32. The van der Waals surface area contributed by atoms with Gasteiger partial charge in [-0.2, -0.15) is 18.4 Å². The normalized spacial score (nSPS) is 19.9. The second-order valence-electron chi connectivity index (χ2n) is 7.96. The van der Waals surface area contributed by atoms with E-state index in [-0.39, 0.29) is 24.0 Å². The van der Waals surface area contributed by atoms with Crippen LogP contribution in [0, 0.1) is 17.2 Å². The number of carbonyl (C=O) groups excluding carboxylic acids is 2. The van der Waals surface area contributed by atoms with E-state index >= 15 is 0 Å². The van der Waals surface area contributed by atoms with Gasteiger partial charge in [0.1, 0.15) is 12.6 Å². The number of hydrogen-bond donors (Lipinski definition) is 3. The largest absolute Gasteiger partial charge is 0.405 e. The zero-order valence-electron chi connectivity index (χ0n) is 18.1. The van der Waals surface area contributed by atoms with Crippen LogP contribution in [0.15, 0.2) is 60.4 Å². The molecule has 2 heterocycles. The Labute approximate surface area is 193 Å². The molecule has 0 aromatic heterocycles. The summed E-state index contributed by atoms with van der Waals surface area (Å²) in [6, 6.07) is 13.7. The van der Waals surface area contributed by atoms with E-state index < -0.39 is 24.7 Å². The van der Waals surface area contributed by atoms with Crippen molar-refractivity contribution in [1.29, 1.82) is 5.26 Å². The summed E-state index contributed by atoms with van der Waals surface area (Å²) in [5, 5.41) is 15.7. The predicted octanol–water partition coefficient (Wildman–Crippen LogP) is 3.18. The molecule has 0 radical (unpaired) electrons. The molecule has 8 nitrogen and oxygen atoms in total. The molecule has 1 saturated heterocycles. The van der Waals surface area contributed by atoms with Crippen LogP contribution in [-0.2, 0) is 9.59 Å². The van der Waals surface area contributed by atoms with E-state index in [0.29, 0.717) is 22.6 Å². The lowest BCUT2D eigenvalue weighted by molar-refractivity contribution is -0.129. The third-order valence-corrected chi connectivity index (χ3v) is 5.54. The first-order chi connectivity index (χ1) is 16.2. The van der Waals surface area contributed by atoms with Gasteiger partial charge in [0.25, 0.3) is 5.91 Å². The molecular weight excluding hydrogens is 449 g/mol. The maximum absolute atomic E-state index is 13.4. The smallest absolute Gasteiger partial charge is 0.376 e. The Kier molecular flexibility index (Phi) is 6.17. The van der Waals surface area contributed by atoms with Gasteiger partial charge in [-0.3, -0.25) is 14.5 Å². The SMILES string of the molecule is CC1=CN2NCC(C(=O)Nc3cccc(C#N)c3)C2C(=O)N1c1ccc(NCC(F)(F)F)cc1. The molecule has 2 atom stereocenters. The number of amides is 2. The van der Waals surface area contributed by atoms with Crippen molar-refractivity contribution in [2.45, 2.75) is 19.1 Å². The van der Waals surface area contributed by atoms with Crippen molar-refractivity contribution in [2.24, 2.45) is 5.92 Å². The van der Waals surface area contributed by atoms with Gasteiger partial charge in [-0.05, 0) is 49.4 Å². The van der Waals surface area contributed by atoms with Gasteiger partial charge >= 0.3 is 6.18 Å². The number of fused-ring (bicyclic) bond motifs is 1. The number of nitrogens with zero attached hydrogens (tertiary/aromatic N) is 3. The van der Waals surface area contributed by atoms with Crippen molar-refractivity contribution < 1.29 is 22.8 Å². The van der Waals surface area contributed by atoms with Crippen molar-refractivity contribution in [3.05, 3.63) is 66.0 Å². The van der Waals surface area contributed by atoms with Crippen LogP contribution in [0.25, 0.3) is 0 Å². The number of nitrogens with one attached hydrogen (secondary N) is 3. The van der Waals surface area contributed by atoms with Crippen LogP contribution in [-0.4, -0.2) is 42.1 Å². The highest BCUT2D eigenvalue weighted by atomic mass is 19.4. The van der Waals surface area contributed by atoms with Gasteiger partial charge in [0.15, 0.2) is 0 Å². The van der Waals surface area contributed by atoms with Crippen LogP contribution in [0.5, 0.6) is 0 Å². The molecule has 176 valence electrons. The predicted molar refractivity (Wildman–Crippen MR) is 119 cm³/mol. The lowest BCUT2D eigenvalue weighted by atomic mass is 9.97. The number of anilines is 3. The van der Waals surface area contributed by atoms with E-state index in [1.54, 1.807) is 54.5 Å². The summed E-state index contributed by atoms with van der Waals surface area (Å²) < 4.78 is 37.3. The van der Waals surface area contributed by atoms with Gasteiger partial charge in [-0.1, -0.05) is 6.07 Å². The minimum atomic E-state index is -4.34. The van der Waals surface area contributed by atoms with Gasteiger partial charge in [0.05, 0.1) is 17.6 Å². The van der Waals surface area contributed by atoms with E-state index in [1.807, 2.05) is 6.07 Å². The number of hydrogen-bond acceptors (Lipinski definition) is 6. The van der Waals surface area contributed by atoms with E-state index in [2.05, 4.69) is 16.1 Å². The Morgan fingerprint density at radius 1 is 1.21 bits per heavy atom. The minimum Gasteiger partial charge on any atom is -0.376 e. The van der Waals surface area contributed by atoms with Crippen LogP contribution in [0.1, 0.15) is 12.5 Å². The van der Waals surface area contributed by atoms with Gasteiger partial charge < -0.3 is 15.6 Å². The molecular formula is C23H21F3N6O2. The Balaban J connectivity index is 1.51. The van der Waals surface area contributed by atoms with Crippen molar-refractivity contribution >= 4 is 28.9 Å². The number of nitriles is 1. The molecule has 2 aliphatic rings. The lowest BCUT2D eigenvalue weighted by Crippen LogP contribution is -2.53. The fourth-order valence-electron chi connectivity index (χ4n) is 3.99. The standard InChI is InChI=1S/C23H21F3N6O2/c1-14-12-31-20(19(11-29-31)21(33)30-17-4-2-3-15(9-17)10-27)22(34)32(14)18-7-5-16(6-8-18)28-13-23(24,25)26/h2-9,12,19-20,28-29H,11,13H2,1H3,(H,30,33). The molecule has 11 heteroatoms. The van der Waals surface area contributed by atoms with Crippen LogP contribution in [0.3, 0.4) is 0 Å². The minimum absolute atomic E-state index is 0.234. The summed E-state index contributed by atoms with van der Waals surface area (Å²) in [5.74, 6) is -1.42. The zero-order chi connectivity index (χ0) is 24.5. The second-order valence-corrected chi connectivity index (χ2v) is 7.96. The molecule has 0 spiro atoms. The molecule has 2 aromatic rings. The Hall–Kier alpha value is -4.04. The van der Waals surface area contributed by atoms with Gasteiger partial charge in [-0.25, -0.2) is 5.43 Å². The van der Waals surface area contributed by atoms with Crippen LogP contribution in [0.2, 0.25) is 0 Å². The third kappa shape index (κ3) is 4.82. The van der Waals surface area contributed by atoms with Gasteiger partial charge in [-0.15, -0.1) is 0 Å². The summed E-state index contributed by atoms with van der Waals surface area (Å²) in [5.41, 5.74) is 5.24.